The van der Waals surface area contributed by atoms with Crippen molar-refractivity contribution < 1.29 is 18.8 Å². The third-order valence-corrected chi connectivity index (χ3v) is 5.32. The Hall–Kier alpha value is -2.26. The van der Waals surface area contributed by atoms with E-state index in [1.165, 1.54) is 0 Å². The highest BCUT2D eigenvalue weighted by atomic mass is 16.5. The number of likely N-dealkylation sites (tertiary alicyclic amines) is 1. The van der Waals surface area contributed by atoms with E-state index in [-0.39, 0.29) is 12.0 Å². The topological polar surface area (TPSA) is 95.5 Å². The molecule has 1 amide bonds. The predicted octanol–water partition coefficient (Wildman–Crippen LogP) is 1.56. The van der Waals surface area contributed by atoms with Crippen LogP contribution in [0.25, 0.3) is 0 Å². The maximum atomic E-state index is 12.6. The van der Waals surface area contributed by atoms with Gasteiger partial charge < -0.3 is 23.5 Å². The molecule has 0 aromatic carbocycles. The third kappa shape index (κ3) is 4.59. The number of amides is 1. The average molecular weight is 389 g/mol. The summed E-state index contributed by atoms with van der Waals surface area (Å²) in [6.45, 7) is 3.36. The van der Waals surface area contributed by atoms with Gasteiger partial charge in [-0.3, -0.25) is 4.79 Å². The largest absolute Gasteiger partial charge is 0.381 e. The normalized spacial score (nSPS) is 21.2. The molecule has 1 atom stereocenters. The number of carbonyl (C=O) groups excluding carboxylic acids is 1. The first-order valence-electron chi connectivity index (χ1n) is 9.98. The first kappa shape index (κ1) is 19.1. The van der Waals surface area contributed by atoms with Crippen LogP contribution in [0.2, 0.25) is 0 Å². The van der Waals surface area contributed by atoms with E-state index >= 15 is 0 Å². The number of imidazole rings is 1. The van der Waals surface area contributed by atoms with Gasteiger partial charge in [-0.25, -0.2) is 4.98 Å². The molecule has 0 spiro atoms. The Morgan fingerprint density at radius 3 is 2.96 bits per heavy atom. The molecule has 9 nitrogen and oxygen atoms in total. The van der Waals surface area contributed by atoms with Crippen LogP contribution in [0.5, 0.6) is 0 Å². The maximum absolute atomic E-state index is 12.6. The lowest BCUT2D eigenvalue weighted by Gasteiger charge is -2.32. The highest BCUT2D eigenvalue weighted by molar-refractivity contribution is 5.92. The molecule has 9 heteroatoms. The van der Waals surface area contributed by atoms with Crippen LogP contribution in [0.15, 0.2) is 17.0 Å². The fourth-order valence-corrected chi connectivity index (χ4v) is 3.74. The number of carbonyl (C=O) groups is 1. The van der Waals surface area contributed by atoms with E-state index in [1.54, 1.807) is 17.1 Å². The van der Waals surface area contributed by atoms with Gasteiger partial charge in [0.1, 0.15) is 5.69 Å². The summed E-state index contributed by atoms with van der Waals surface area (Å²) in [7, 11) is 1.86. The summed E-state index contributed by atoms with van der Waals surface area (Å²) in [5, 5.41) is 4.08. The van der Waals surface area contributed by atoms with E-state index < -0.39 is 0 Å². The first-order valence-corrected chi connectivity index (χ1v) is 9.98. The SMILES string of the molecule is Cn1cnc(C(=O)N2CCCC(OCCc3noc(C4CCOCC4)n3)C2)c1. The number of aryl methyl sites for hydroxylation is 1. The quantitative estimate of drug-likeness (QED) is 0.740. The Labute approximate surface area is 164 Å². The summed E-state index contributed by atoms with van der Waals surface area (Å²) in [6.07, 6.45) is 7.77. The summed E-state index contributed by atoms with van der Waals surface area (Å²) < 4.78 is 18.6. The molecule has 28 heavy (non-hydrogen) atoms. The molecule has 4 rings (SSSR count). The molecule has 1 unspecified atom stereocenters. The van der Waals surface area contributed by atoms with Crippen LogP contribution in [0, 0.1) is 0 Å². The second-order valence-corrected chi connectivity index (χ2v) is 7.50. The van der Waals surface area contributed by atoms with Crippen LogP contribution in [0.4, 0.5) is 0 Å². The first-order chi connectivity index (χ1) is 13.7. The minimum atomic E-state index is -0.0341. The number of ether oxygens (including phenoxy) is 2. The van der Waals surface area contributed by atoms with Gasteiger partial charge in [0.25, 0.3) is 5.91 Å². The van der Waals surface area contributed by atoms with E-state index in [0.29, 0.717) is 42.9 Å². The summed E-state index contributed by atoms with van der Waals surface area (Å²) >= 11 is 0. The van der Waals surface area contributed by atoms with E-state index in [9.17, 15) is 4.79 Å². The molecular formula is C19H27N5O4. The number of hydrogen-bond acceptors (Lipinski definition) is 7. The summed E-state index contributed by atoms with van der Waals surface area (Å²) in [5.41, 5.74) is 0.482. The zero-order valence-corrected chi connectivity index (χ0v) is 16.2. The fraction of sp³-hybridized carbons (Fsp3) is 0.684. The van der Waals surface area contributed by atoms with Crippen molar-refractivity contribution in [3.63, 3.8) is 0 Å². The molecule has 2 aliphatic heterocycles. The van der Waals surface area contributed by atoms with Crippen LogP contribution in [0.3, 0.4) is 0 Å². The van der Waals surface area contributed by atoms with Gasteiger partial charge in [0.2, 0.25) is 5.89 Å². The van der Waals surface area contributed by atoms with Gasteiger partial charge >= 0.3 is 0 Å². The number of aromatic nitrogens is 4. The fourth-order valence-electron chi connectivity index (χ4n) is 3.74. The minimum Gasteiger partial charge on any atom is -0.381 e. The van der Waals surface area contributed by atoms with Gasteiger partial charge in [0.15, 0.2) is 5.82 Å². The van der Waals surface area contributed by atoms with Crippen LogP contribution in [-0.2, 0) is 22.9 Å². The Morgan fingerprint density at radius 1 is 1.32 bits per heavy atom. The number of piperidine rings is 1. The van der Waals surface area contributed by atoms with Crippen molar-refractivity contribution >= 4 is 5.91 Å². The van der Waals surface area contributed by atoms with E-state index in [2.05, 4.69) is 15.1 Å². The minimum absolute atomic E-state index is 0.0308. The summed E-state index contributed by atoms with van der Waals surface area (Å²) in [5.74, 6) is 1.66. The second kappa shape index (κ2) is 8.83. The van der Waals surface area contributed by atoms with Crippen molar-refractivity contribution in [1.82, 2.24) is 24.6 Å². The lowest BCUT2D eigenvalue weighted by Crippen LogP contribution is -2.43. The molecule has 4 heterocycles. The number of hydrogen-bond donors (Lipinski definition) is 0. The van der Waals surface area contributed by atoms with Crippen molar-refractivity contribution in [1.29, 1.82) is 0 Å². The van der Waals surface area contributed by atoms with E-state index in [4.69, 9.17) is 14.0 Å². The molecule has 2 aromatic heterocycles. The Kier molecular flexibility index (Phi) is 6.01. The monoisotopic (exact) mass is 389 g/mol. The molecule has 2 saturated heterocycles. The lowest BCUT2D eigenvalue weighted by atomic mass is 10.0. The van der Waals surface area contributed by atoms with Gasteiger partial charge in [-0.05, 0) is 25.7 Å². The molecule has 2 aromatic rings. The maximum Gasteiger partial charge on any atom is 0.274 e. The zero-order valence-electron chi connectivity index (χ0n) is 16.2. The molecule has 0 N–H and O–H groups in total. The molecule has 2 aliphatic rings. The van der Waals surface area contributed by atoms with Crippen molar-refractivity contribution in [2.24, 2.45) is 7.05 Å². The summed E-state index contributed by atoms with van der Waals surface area (Å²) in [4.78, 5) is 23.1. The van der Waals surface area contributed by atoms with E-state index in [1.807, 2.05) is 11.9 Å². The van der Waals surface area contributed by atoms with Gasteiger partial charge in [-0.1, -0.05) is 5.16 Å². The molecule has 0 radical (unpaired) electrons. The van der Waals surface area contributed by atoms with Gasteiger partial charge in [0, 0.05) is 51.9 Å². The second-order valence-electron chi connectivity index (χ2n) is 7.50. The molecule has 2 fully saturated rings. The van der Waals surface area contributed by atoms with Crippen LogP contribution in [0.1, 0.15) is 53.8 Å². The molecule has 0 aliphatic carbocycles. The summed E-state index contributed by atoms with van der Waals surface area (Å²) in [6, 6.07) is 0. The average Bonchev–Trinajstić information content (AvgIpc) is 3.38. The Bertz CT molecular complexity index is 783. The highest BCUT2D eigenvalue weighted by Crippen LogP contribution is 2.25. The van der Waals surface area contributed by atoms with Crippen LogP contribution in [-0.4, -0.2) is 69.5 Å². The van der Waals surface area contributed by atoms with Gasteiger partial charge in [-0.15, -0.1) is 0 Å². The van der Waals surface area contributed by atoms with Gasteiger partial charge in [0.05, 0.1) is 19.0 Å². The molecule has 0 saturated carbocycles. The molecule has 152 valence electrons. The van der Waals surface area contributed by atoms with Crippen LogP contribution >= 0.6 is 0 Å². The molecular weight excluding hydrogens is 362 g/mol. The van der Waals surface area contributed by atoms with Crippen LogP contribution < -0.4 is 0 Å². The van der Waals surface area contributed by atoms with Gasteiger partial charge in [-0.2, -0.15) is 4.98 Å². The standard InChI is InChI=1S/C19H27N5O4/c1-23-12-16(20-13-23)19(25)24-7-2-3-15(11-24)27-10-6-17-21-18(28-22-17)14-4-8-26-9-5-14/h12-15H,2-11H2,1H3. The Morgan fingerprint density at radius 2 is 2.18 bits per heavy atom. The van der Waals surface area contributed by atoms with Crippen molar-refractivity contribution in [3.05, 3.63) is 29.9 Å². The van der Waals surface area contributed by atoms with Crippen molar-refractivity contribution in [2.75, 3.05) is 32.9 Å². The lowest BCUT2D eigenvalue weighted by molar-refractivity contribution is 0.00233. The third-order valence-electron chi connectivity index (χ3n) is 5.32. The smallest absolute Gasteiger partial charge is 0.274 e. The number of nitrogens with zero attached hydrogens (tertiary/aromatic N) is 5. The molecule has 0 bridgehead atoms. The predicted molar refractivity (Wildman–Crippen MR) is 98.9 cm³/mol. The van der Waals surface area contributed by atoms with Crippen molar-refractivity contribution in [2.45, 2.75) is 44.1 Å². The highest BCUT2D eigenvalue weighted by Gasteiger charge is 2.26. The Balaban J connectivity index is 1.23. The van der Waals surface area contributed by atoms with Crippen molar-refractivity contribution in [3.8, 4) is 0 Å². The number of rotatable bonds is 6. The van der Waals surface area contributed by atoms with E-state index in [0.717, 1.165) is 45.4 Å². The zero-order chi connectivity index (χ0) is 19.3.